The molecule has 3 aromatic heterocycles. The third-order valence-electron chi connectivity index (χ3n) is 9.77. The van der Waals surface area contributed by atoms with Gasteiger partial charge in [0.15, 0.2) is 0 Å². The molecule has 1 aliphatic rings. The number of nitrogens with one attached hydrogen (secondary N) is 4. The molecule has 3 amide bonds. The number of benzene rings is 4. The van der Waals surface area contributed by atoms with E-state index in [9.17, 15) is 22.8 Å². The molecular weight excluding hydrogens is 812 g/mol. The van der Waals surface area contributed by atoms with Crippen LogP contribution in [0.25, 0.3) is 33.1 Å². The molecule has 4 aromatic carbocycles. The van der Waals surface area contributed by atoms with Crippen molar-refractivity contribution in [3.63, 3.8) is 0 Å². The highest BCUT2D eigenvalue weighted by atomic mass is 35.5. The van der Waals surface area contributed by atoms with Gasteiger partial charge in [0.25, 0.3) is 5.91 Å². The molecule has 1 fully saturated rings. The van der Waals surface area contributed by atoms with Crippen LogP contribution in [0, 0.1) is 0 Å². The van der Waals surface area contributed by atoms with Gasteiger partial charge in [-0.2, -0.15) is 13.2 Å². The van der Waals surface area contributed by atoms with Crippen LogP contribution in [0.1, 0.15) is 32.8 Å². The molecule has 58 heavy (non-hydrogen) atoms. The highest BCUT2D eigenvalue weighted by Gasteiger charge is 2.40. The molecule has 1 saturated heterocycles. The molecule has 4 heterocycles. The molecule has 0 unspecified atom stereocenters. The van der Waals surface area contributed by atoms with Crippen molar-refractivity contribution in [2.75, 3.05) is 32.8 Å². The molecule has 15 heteroatoms. The molecule has 9 nitrogen and oxygen atoms in total. The fourth-order valence-electron chi connectivity index (χ4n) is 6.84. The average Bonchev–Trinajstić information content (AvgIpc) is 4.02. The molecule has 300 valence electrons. The first-order valence-corrected chi connectivity index (χ1v) is 19.6. The largest absolute Gasteiger partial charge is 0.451 e. The van der Waals surface area contributed by atoms with Gasteiger partial charge >= 0.3 is 12.2 Å². The lowest BCUT2D eigenvalue weighted by Crippen LogP contribution is -2.40. The van der Waals surface area contributed by atoms with Gasteiger partial charge in [-0.15, -0.1) is 0 Å². The lowest BCUT2D eigenvalue weighted by molar-refractivity contribution is -0.153. The number of hydrogen-bond acceptors (Lipinski definition) is 4. The van der Waals surface area contributed by atoms with Gasteiger partial charge in [0, 0.05) is 87.6 Å². The topological polar surface area (TPSA) is 109 Å². The molecule has 0 atom stereocenters. The Morgan fingerprint density at radius 2 is 1.31 bits per heavy atom. The maximum atomic E-state index is 13.4. The van der Waals surface area contributed by atoms with E-state index in [1.165, 1.54) is 35.4 Å². The predicted molar refractivity (Wildman–Crippen MR) is 222 cm³/mol. The first-order chi connectivity index (χ1) is 27.9. The van der Waals surface area contributed by atoms with E-state index in [0.29, 0.717) is 35.2 Å². The number of fused-ring (bicyclic) bond motifs is 2. The summed E-state index contributed by atoms with van der Waals surface area (Å²) in [7, 11) is 0. The van der Waals surface area contributed by atoms with Crippen LogP contribution in [-0.4, -0.2) is 64.6 Å². The molecule has 1 aliphatic heterocycles. The van der Waals surface area contributed by atoms with Crippen molar-refractivity contribution in [3.05, 3.63) is 153 Å². The molecule has 4 N–H and O–H groups in total. The minimum absolute atomic E-state index is 0.00318. The van der Waals surface area contributed by atoms with Crippen LogP contribution in [0.4, 0.5) is 18.0 Å². The highest BCUT2D eigenvalue weighted by Crippen LogP contribution is 2.37. The Hall–Kier alpha value is -5.40. The second-order valence-electron chi connectivity index (χ2n) is 13.8. The number of H-pyrrole nitrogens is 2. The van der Waals surface area contributed by atoms with Gasteiger partial charge in [-0.3, -0.25) is 9.69 Å². The summed E-state index contributed by atoms with van der Waals surface area (Å²) in [5.41, 5.74) is 5.09. The molecule has 0 bridgehead atoms. The fourth-order valence-corrected chi connectivity index (χ4v) is 7.32. The zero-order valence-corrected chi connectivity index (χ0v) is 33.2. The van der Waals surface area contributed by atoms with E-state index in [4.69, 9.17) is 39.2 Å². The Bertz CT molecular complexity index is 2520. The number of aromatic nitrogens is 2. The summed E-state index contributed by atoms with van der Waals surface area (Å²) < 4.78 is 45.3. The maximum Gasteiger partial charge on any atom is 0.450 e. The van der Waals surface area contributed by atoms with Crippen molar-refractivity contribution >= 4 is 68.5 Å². The van der Waals surface area contributed by atoms with E-state index in [1.54, 1.807) is 18.3 Å². The van der Waals surface area contributed by atoms with Gasteiger partial charge in [0.05, 0.1) is 12.2 Å². The highest BCUT2D eigenvalue weighted by molar-refractivity contribution is 6.31. The first kappa shape index (κ1) is 40.8. The van der Waals surface area contributed by atoms with Crippen LogP contribution in [0.15, 0.2) is 114 Å². The predicted octanol–water partition coefficient (Wildman–Crippen LogP) is 10.6. The van der Waals surface area contributed by atoms with Crippen LogP contribution in [-0.2, 0) is 25.6 Å². The van der Waals surface area contributed by atoms with Crippen molar-refractivity contribution in [2.24, 2.45) is 0 Å². The normalized spacial score (nSPS) is 13.2. The number of halogens is 6. The average molecular weight is 850 g/mol. The van der Waals surface area contributed by atoms with Gasteiger partial charge in [-0.1, -0.05) is 65.1 Å². The second kappa shape index (κ2) is 18.0. The number of aromatic amines is 2. The maximum absolute atomic E-state index is 13.4. The Morgan fingerprint density at radius 3 is 1.91 bits per heavy atom. The molecule has 0 spiro atoms. The standard InChI is InChI=1S/C22H15Cl2F3N2O2.C21H23ClN4O/c23-14-3-1-12(2-4-14)19-10-17(20(31-19)22(25,26)27)21(30)28-8-7-13-11-29-18-6-5-15(24)9-16(13)18;22-18-6-7-20-19(12-18)17(13-24-20)8-9-23-21(27)26-11-10-25(15-26)14-16-4-2-1-3-5-16/h1-6,9-11,29H,7-8H2,(H,28,30);1-7,12-13,24H,8-11,14-15H2,(H,23,27). The SMILES string of the molecule is O=C(NCCc1c[nH]c2ccc(Cl)cc12)N1CCN(Cc2ccccc2)C1.O=C(NCCc1c[nH]c2ccc(Cl)cc12)c1cc(-c2ccc(Cl)cc2)oc1C(F)(F)F. The smallest absolute Gasteiger partial charge is 0.450 e. The van der Waals surface area contributed by atoms with E-state index >= 15 is 0 Å². The minimum atomic E-state index is -4.81. The summed E-state index contributed by atoms with van der Waals surface area (Å²) in [5.74, 6) is -2.27. The van der Waals surface area contributed by atoms with Gasteiger partial charge in [-0.25, -0.2) is 4.79 Å². The van der Waals surface area contributed by atoms with Crippen LogP contribution < -0.4 is 10.6 Å². The quantitative estimate of drug-likeness (QED) is 0.110. The van der Waals surface area contributed by atoms with Gasteiger partial charge in [0.2, 0.25) is 5.76 Å². The van der Waals surface area contributed by atoms with Crippen LogP contribution in [0.2, 0.25) is 15.1 Å². The number of carbonyl (C=O) groups is 2. The lowest BCUT2D eigenvalue weighted by Gasteiger charge is -2.19. The van der Waals surface area contributed by atoms with Gasteiger partial charge < -0.3 is 29.9 Å². The molecule has 0 radical (unpaired) electrons. The number of nitrogens with zero attached hydrogens (tertiary/aromatic N) is 2. The number of amides is 3. The van der Waals surface area contributed by atoms with Crippen molar-refractivity contribution in [2.45, 2.75) is 25.6 Å². The number of furan rings is 1. The van der Waals surface area contributed by atoms with E-state index < -0.39 is 23.4 Å². The Labute approximate surface area is 347 Å². The van der Waals surface area contributed by atoms with Crippen molar-refractivity contribution < 1.29 is 27.2 Å². The number of urea groups is 1. The number of rotatable bonds is 10. The number of alkyl halides is 3. The number of hydrogen-bond donors (Lipinski definition) is 4. The van der Waals surface area contributed by atoms with Gasteiger partial charge in [0.1, 0.15) is 5.76 Å². The second-order valence-corrected chi connectivity index (χ2v) is 15.1. The third kappa shape index (κ3) is 10.00. The molecule has 7 aromatic rings. The Morgan fingerprint density at radius 1 is 0.724 bits per heavy atom. The molecule has 0 aliphatic carbocycles. The van der Waals surface area contributed by atoms with Crippen molar-refractivity contribution in [1.82, 2.24) is 30.4 Å². The Kier molecular flexibility index (Phi) is 12.7. The first-order valence-electron chi connectivity index (χ1n) is 18.5. The summed E-state index contributed by atoms with van der Waals surface area (Å²) >= 11 is 17.9. The molecule has 8 rings (SSSR count). The van der Waals surface area contributed by atoms with E-state index in [0.717, 1.165) is 64.5 Å². The summed E-state index contributed by atoms with van der Waals surface area (Å²) in [6.07, 6.45) is 0.142. The fraction of sp³-hybridized carbons (Fsp3) is 0.209. The van der Waals surface area contributed by atoms with E-state index in [1.807, 2.05) is 53.6 Å². The summed E-state index contributed by atoms with van der Waals surface area (Å²) in [5, 5.41) is 9.32. The minimum Gasteiger partial charge on any atom is -0.451 e. The van der Waals surface area contributed by atoms with E-state index in [-0.39, 0.29) is 18.3 Å². The summed E-state index contributed by atoms with van der Waals surface area (Å²) in [4.78, 5) is 35.5. The third-order valence-corrected chi connectivity index (χ3v) is 10.5. The zero-order valence-electron chi connectivity index (χ0n) is 30.9. The van der Waals surface area contributed by atoms with Crippen molar-refractivity contribution in [3.8, 4) is 11.3 Å². The lowest BCUT2D eigenvalue weighted by atomic mass is 10.1. The summed E-state index contributed by atoms with van der Waals surface area (Å²) in [6.45, 7) is 3.96. The van der Waals surface area contributed by atoms with Crippen LogP contribution in [0.5, 0.6) is 0 Å². The number of carbonyl (C=O) groups excluding carboxylic acids is 2. The monoisotopic (exact) mass is 848 g/mol. The summed E-state index contributed by atoms with van der Waals surface area (Å²) in [6, 6.07) is 28.7. The van der Waals surface area contributed by atoms with Gasteiger partial charge in [-0.05, 0) is 96.3 Å². The molecule has 0 saturated carbocycles. The zero-order chi connectivity index (χ0) is 40.8. The molecular formula is C43H38Cl3F3N6O3. The van der Waals surface area contributed by atoms with E-state index in [2.05, 4.69) is 37.6 Å². The Balaban J connectivity index is 0.000000178. The van der Waals surface area contributed by atoms with Crippen molar-refractivity contribution in [1.29, 1.82) is 0 Å². The van der Waals surface area contributed by atoms with Crippen LogP contribution in [0.3, 0.4) is 0 Å². The van der Waals surface area contributed by atoms with Crippen LogP contribution >= 0.6 is 34.8 Å².